The van der Waals surface area contributed by atoms with Crippen LogP contribution in [-0.4, -0.2) is 30.9 Å². The van der Waals surface area contributed by atoms with Crippen molar-refractivity contribution in [2.24, 2.45) is 5.41 Å². The summed E-state index contributed by atoms with van der Waals surface area (Å²) in [6.45, 7) is 3.36. The molecular weight excluding hydrogens is 260 g/mol. The van der Waals surface area contributed by atoms with Crippen LogP contribution in [0.2, 0.25) is 0 Å². The number of esters is 2. The van der Waals surface area contributed by atoms with Gasteiger partial charge in [-0.05, 0) is 31.3 Å². The molecule has 0 unspecified atom stereocenters. The molecule has 0 bridgehead atoms. The molecule has 2 aliphatic rings. The van der Waals surface area contributed by atoms with Gasteiger partial charge in [0, 0.05) is 18.8 Å². The largest absolute Gasteiger partial charge is 0.465 e. The summed E-state index contributed by atoms with van der Waals surface area (Å²) < 4.78 is 10.2. The fraction of sp³-hybridized carbons (Fsp3) is 0.667. The Morgan fingerprint density at radius 3 is 2.60 bits per heavy atom. The van der Waals surface area contributed by atoms with Gasteiger partial charge in [0.15, 0.2) is 5.78 Å². The summed E-state index contributed by atoms with van der Waals surface area (Å²) in [5, 5.41) is 0. The predicted molar refractivity (Wildman–Crippen MR) is 70.8 cm³/mol. The Kier molecular flexibility index (Phi) is 3.97. The van der Waals surface area contributed by atoms with Gasteiger partial charge < -0.3 is 9.47 Å². The first-order valence-electron chi connectivity index (χ1n) is 6.92. The quantitative estimate of drug-likeness (QED) is 0.571. The van der Waals surface area contributed by atoms with Gasteiger partial charge in [-0.1, -0.05) is 6.92 Å². The number of Topliss-reactive ketones (excluding diaryl/α,β-unsaturated/α-hetero) is 1. The van der Waals surface area contributed by atoms with Gasteiger partial charge in [-0.3, -0.25) is 9.59 Å². The molecule has 1 saturated carbocycles. The van der Waals surface area contributed by atoms with E-state index in [1.807, 2.05) is 6.92 Å². The zero-order chi connectivity index (χ0) is 14.9. The molecule has 2 aliphatic carbocycles. The Labute approximate surface area is 118 Å². The third-order valence-electron chi connectivity index (χ3n) is 4.44. The lowest BCUT2D eigenvalue weighted by Crippen LogP contribution is -2.45. The SMILES string of the molecule is COC(=O)C1=C2CCC[C@@H](OC(C)=O)[C@]2(C)CCC1=O. The second kappa shape index (κ2) is 5.38. The average molecular weight is 280 g/mol. The smallest absolute Gasteiger partial charge is 0.341 e. The van der Waals surface area contributed by atoms with Crippen LogP contribution in [0.5, 0.6) is 0 Å². The molecule has 5 heteroatoms. The number of hydrogen-bond donors (Lipinski definition) is 0. The maximum Gasteiger partial charge on any atom is 0.341 e. The summed E-state index contributed by atoms with van der Waals surface area (Å²) in [4.78, 5) is 35.2. The molecule has 1 fully saturated rings. The molecule has 0 heterocycles. The van der Waals surface area contributed by atoms with Crippen molar-refractivity contribution in [3.63, 3.8) is 0 Å². The monoisotopic (exact) mass is 280 g/mol. The van der Waals surface area contributed by atoms with Gasteiger partial charge in [-0.25, -0.2) is 4.79 Å². The normalized spacial score (nSPS) is 29.8. The van der Waals surface area contributed by atoms with E-state index in [2.05, 4.69) is 0 Å². The third-order valence-corrected chi connectivity index (χ3v) is 4.44. The van der Waals surface area contributed by atoms with Crippen LogP contribution in [0.1, 0.15) is 46.0 Å². The second-order valence-corrected chi connectivity index (χ2v) is 5.68. The number of rotatable bonds is 2. The highest BCUT2D eigenvalue weighted by Gasteiger charge is 2.48. The molecule has 0 aromatic carbocycles. The lowest BCUT2D eigenvalue weighted by Gasteiger charge is -2.45. The van der Waals surface area contributed by atoms with E-state index in [1.54, 1.807) is 0 Å². The van der Waals surface area contributed by atoms with Crippen molar-refractivity contribution in [2.45, 2.75) is 52.1 Å². The molecule has 2 rings (SSSR count). The molecule has 0 radical (unpaired) electrons. The Morgan fingerprint density at radius 2 is 2.00 bits per heavy atom. The summed E-state index contributed by atoms with van der Waals surface area (Å²) in [6, 6.07) is 0. The van der Waals surface area contributed by atoms with Crippen LogP contribution in [0.25, 0.3) is 0 Å². The zero-order valence-corrected chi connectivity index (χ0v) is 12.2. The highest BCUT2D eigenvalue weighted by molar-refractivity contribution is 6.18. The van der Waals surface area contributed by atoms with E-state index in [0.29, 0.717) is 19.3 Å². The van der Waals surface area contributed by atoms with Crippen LogP contribution in [0.3, 0.4) is 0 Å². The molecule has 5 nitrogen and oxygen atoms in total. The molecule has 2 atom stereocenters. The lowest BCUT2D eigenvalue weighted by molar-refractivity contribution is -0.154. The van der Waals surface area contributed by atoms with Crippen molar-refractivity contribution in [2.75, 3.05) is 7.11 Å². The van der Waals surface area contributed by atoms with E-state index in [-0.39, 0.29) is 23.4 Å². The molecule has 0 aromatic heterocycles. The number of ether oxygens (including phenoxy) is 2. The summed E-state index contributed by atoms with van der Waals surface area (Å²) in [6.07, 6.45) is 2.89. The van der Waals surface area contributed by atoms with Gasteiger partial charge in [0.05, 0.1) is 7.11 Å². The summed E-state index contributed by atoms with van der Waals surface area (Å²) in [7, 11) is 1.28. The van der Waals surface area contributed by atoms with Crippen molar-refractivity contribution in [1.29, 1.82) is 0 Å². The van der Waals surface area contributed by atoms with E-state index in [9.17, 15) is 14.4 Å². The number of ketones is 1. The van der Waals surface area contributed by atoms with Crippen LogP contribution in [0.15, 0.2) is 11.1 Å². The van der Waals surface area contributed by atoms with Crippen molar-refractivity contribution in [3.05, 3.63) is 11.1 Å². The van der Waals surface area contributed by atoms with Gasteiger partial charge in [0.25, 0.3) is 0 Å². The van der Waals surface area contributed by atoms with Crippen LogP contribution in [0.4, 0.5) is 0 Å². The first kappa shape index (κ1) is 14.8. The minimum absolute atomic E-state index is 0.159. The molecule has 0 aliphatic heterocycles. The minimum Gasteiger partial charge on any atom is -0.465 e. The molecule has 0 spiro atoms. The fourth-order valence-corrected chi connectivity index (χ4v) is 3.38. The predicted octanol–water partition coefficient (Wildman–Crippen LogP) is 1.94. The van der Waals surface area contributed by atoms with Crippen LogP contribution in [0, 0.1) is 5.41 Å². The maximum atomic E-state index is 12.1. The second-order valence-electron chi connectivity index (χ2n) is 5.68. The van der Waals surface area contributed by atoms with Crippen LogP contribution < -0.4 is 0 Å². The molecule has 0 N–H and O–H groups in total. The molecule has 0 amide bonds. The third kappa shape index (κ3) is 2.37. The first-order chi connectivity index (χ1) is 9.40. The lowest BCUT2D eigenvalue weighted by atomic mass is 9.62. The molecular formula is C15H20O5. The Morgan fingerprint density at radius 1 is 1.30 bits per heavy atom. The van der Waals surface area contributed by atoms with Crippen molar-refractivity contribution in [3.8, 4) is 0 Å². The van der Waals surface area contributed by atoms with E-state index in [4.69, 9.17) is 9.47 Å². The number of carbonyl (C=O) groups is 3. The van der Waals surface area contributed by atoms with Crippen LogP contribution >= 0.6 is 0 Å². The molecule has 110 valence electrons. The first-order valence-corrected chi connectivity index (χ1v) is 6.92. The molecule has 0 aromatic rings. The highest BCUT2D eigenvalue weighted by Crippen LogP contribution is 2.50. The summed E-state index contributed by atoms with van der Waals surface area (Å²) in [5.41, 5.74) is 0.553. The van der Waals surface area contributed by atoms with E-state index in [0.717, 1.165) is 18.4 Å². The minimum atomic E-state index is -0.570. The van der Waals surface area contributed by atoms with Gasteiger partial charge in [-0.15, -0.1) is 0 Å². The average Bonchev–Trinajstić information content (AvgIpc) is 2.39. The summed E-state index contributed by atoms with van der Waals surface area (Å²) >= 11 is 0. The zero-order valence-electron chi connectivity index (χ0n) is 12.2. The summed E-state index contributed by atoms with van der Waals surface area (Å²) in [5.74, 6) is -1.05. The Balaban J connectivity index is 2.46. The number of fused-ring (bicyclic) bond motifs is 1. The number of methoxy groups -OCH3 is 1. The standard InChI is InChI=1S/C15H20O5/c1-9(16)20-12-6-4-5-10-13(14(18)19-3)11(17)7-8-15(10,12)2/h12H,4-8H2,1-3H3/t12-,15-/m1/s1. The highest BCUT2D eigenvalue weighted by atomic mass is 16.5. The number of hydrogen-bond acceptors (Lipinski definition) is 5. The Hall–Kier alpha value is -1.65. The van der Waals surface area contributed by atoms with Crippen LogP contribution in [-0.2, 0) is 23.9 Å². The molecule has 0 saturated heterocycles. The van der Waals surface area contributed by atoms with E-state index >= 15 is 0 Å². The number of carbonyl (C=O) groups excluding carboxylic acids is 3. The fourth-order valence-electron chi connectivity index (χ4n) is 3.38. The van der Waals surface area contributed by atoms with Gasteiger partial charge in [0.1, 0.15) is 11.7 Å². The maximum absolute atomic E-state index is 12.1. The van der Waals surface area contributed by atoms with Crippen molar-refractivity contribution in [1.82, 2.24) is 0 Å². The molecule has 20 heavy (non-hydrogen) atoms. The van der Waals surface area contributed by atoms with Crippen molar-refractivity contribution < 1.29 is 23.9 Å². The van der Waals surface area contributed by atoms with E-state index in [1.165, 1.54) is 14.0 Å². The van der Waals surface area contributed by atoms with E-state index < -0.39 is 11.4 Å². The van der Waals surface area contributed by atoms with Crippen molar-refractivity contribution >= 4 is 17.7 Å². The topological polar surface area (TPSA) is 69.7 Å². The van der Waals surface area contributed by atoms with Gasteiger partial charge >= 0.3 is 11.9 Å². The van der Waals surface area contributed by atoms with Gasteiger partial charge in [0.2, 0.25) is 0 Å². The Bertz CT molecular complexity index is 490. The van der Waals surface area contributed by atoms with Gasteiger partial charge in [-0.2, -0.15) is 0 Å².